The van der Waals surface area contributed by atoms with Crippen molar-refractivity contribution in [3.05, 3.63) is 29.3 Å². The highest BCUT2D eigenvalue weighted by atomic mass is 32.2. The van der Waals surface area contributed by atoms with Crippen LogP contribution < -0.4 is 5.32 Å². The molecular formula is C21H34N2O2S. The van der Waals surface area contributed by atoms with E-state index in [0.717, 1.165) is 56.5 Å². The first kappa shape index (κ1) is 22.9. The Labute approximate surface area is 163 Å². The molecule has 0 spiro atoms. The summed E-state index contributed by atoms with van der Waals surface area (Å²) >= 11 is 1.39. The Morgan fingerprint density at radius 1 is 1.12 bits per heavy atom. The molecule has 0 saturated heterocycles. The van der Waals surface area contributed by atoms with Crippen molar-refractivity contribution in [2.24, 2.45) is 0 Å². The van der Waals surface area contributed by atoms with Gasteiger partial charge in [0.25, 0.3) is 0 Å². The number of benzene rings is 1. The van der Waals surface area contributed by atoms with Crippen molar-refractivity contribution in [3.63, 3.8) is 0 Å². The Morgan fingerprint density at radius 2 is 1.81 bits per heavy atom. The molecule has 0 bridgehead atoms. The minimum atomic E-state index is 0.230. The van der Waals surface area contributed by atoms with Crippen LogP contribution in [0.15, 0.2) is 23.1 Å². The van der Waals surface area contributed by atoms with Gasteiger partial charge < -0.3 is 10.1 Å². The number of carbonyl (C=O) groups is 2. The first-order valence-corrected chi connectivity index (χ1v) is 10.5. The molecule has 1 N–H and O–H groups in total. The first-order valence-electron chi connectivity index (χ1n) is 9.72. The van der Waals surface area contributed by atoms with Gasteiger partial charge in [-0.2, -0.15) is 0 Å². The maximum absolute atomic E-state index is 12.5. The molecule has 4 nitrogen and oxygen atoms in total. The highest BCUT2D eigenvalue weighted by Crippen LogP contribution is 2.27. The zero-order valence-electron chi connectivity index (χ0n) is 16.6. The average Bonchev–Trinajstić information content (AvgIpc) is 2.60. The van der Waals surface area contributed by atoms with Crippen molar-refractivity contribution in [3.8, 4) is 0 Å². The summed E-state index contributed by atoms with van der Waals surface area (Å²) in [5, 5.41) is 3.32. The smallest absolute Gasteiger partial charge is 0.207 e. The topological polar surface area (TPSA) is 49.4 Å². The maximum Gasteiger partial charge on any atom is 0.207 e. The van der Waals surface area contributed by atoms with Gasteiger partial charge in [-0.15, -0.1) is 0 Å². The summed E-state index contributed by atoms with van der Waals surface area (Å²) in [5.41, 5.74) is 2.35. The minimum Gasteiger partial charge on any atom is -0.310 e. The summed E-state index contributed by atoms with van der Waals surface area (Å²) in [7, 11) is 0. The fourth-order valence-corrected chi connectivity index (χ4v) is 3.91. The van der Waals surface area contributed by atoms with Crippen LogP contribution in [0, 0.1) is 13.8 Å². The Kier molecular flexibility index (Phi) is 12.3. The van der Waals surface area contributed by atoms with E-state index in [4.69, 9.17) is 0 Å². The van der Waals surface area contributed by atoms with E-state index in [0.29, 0.717) is 13.1 Å². The molecule has 0 saturated carbocycles. The number of aryl methyl sites for hydroxylation is 2. The van der Waals surface area contributed by atoms with Gasteiger partial charge >= 0.3 is 0 Å². The Bertz CT molecular complexity index is 529. The molecule has 0 aliphatic rings. The average molecular weight is 379 g/mol. The minimum absolute atomic E-state index is 0.230. The van der Waals surface area contributed by atoms with E-state index in [2.05, 4.69) is 43.1 Å². The van der Waals surface area contributed by atoms with Gasteiger partial charge in [0, 0.05) is 4.90 Å². The number of carbonyl (C=O) groups excluding carboxylic acids is 2. The lowest BCUT2D eigenvalue weighted by Gasteiger charge is -2.21. The zero-order chi connectivity index (χ0) is 19.2. The van der Waals surface area contributed by atoms with Gasteiger partial charge in [0.15, 0.2) is 0 Å². The molecule has 1 rings (SSSR count). The van der Waals surface area contributed by atoms with E-state index >= 15 is 0 Å². The van der Waals surface area contributed by atoms with Crippen LogP contribution in [0.3, 0.4) is 0 Å². The van der Waals surface area contributed by atoms with Crippen LogP contribution in [0.4, 0.5) is 0 Å². The molecule has 0 fully saturated rings. The van der Waals surface area contributed by atoms with Gasteiger partial charge in [-0.3, -0.25) is 9.69 Å². The number of nitrogens with one attached hydrogen (secondary N) is 1. The molecule has 146 valence electrons. The van der Waals surface area contributed by atoms with Crippen LogP contribution >= 0.6 is 11.8 Å². The molecule has 0 radical (unpaired) electrons. The molecule has 0 amide bonds. The van der Waals surface area contributed by atoms with Gasteiger partial charge in [0.1, 0.15) is 6.29 Å². The number of nitrogens with zero attached hydrogens (tertiary/aromatic N) is 1. The number of hydrogen-bond acceptors (Lipinski definition) is 5. The largest absolute Gasteiger partial charge is 0.310 e. The molecule has 0 heterocycles. The Balaban J connectivity index is 2.33. The van der Waals surface area contributed by atoms with Crippen molar-refractivity contribution in [2.75, 3.05) is 32.7 Å². The van der Waals surface area contributed by atoms with Crippen LogP contribution in [-0.4, -0.2) is 49.0 Å². The van der Waals surface area contributed by atoms with Gasteiger partial charge in [0.2, 0.25) is 5.12 Å². The highest BCUT2D eigenvalue weighted by molar-refractivity contribution is 8.13. The van der Waals surface area contributed by atoms with Crippen LogP contribution in [0.1, 0.15) is 50.2 Å². The van der Waals surface area contributed by atoms with Gasteiger partial charge in [-0.25, -0.2) is 0 Å². The maximum atomic E-state index is 12.5. The van der Waals surface area contributed by atoms with Crippen molar-refractivity contribution in [2.45, 2.75) is 57.8 Å². The van der Waals surface area contributed by atoms with Crippen molar-refractivity contribution in [1.82, 2.24) is 10.2 Å². The van der Waals surface area contributed by atoms with Crippen LogP contribution in [0.5, 0.6) is 0 Å². The van der Waals surface area contributed by atoms with E-state index in [-0.39, 0.29) is 5.12 Å². The third kappa shape index (κ3) is 9.51. The predicted octanol–water partition coefficient (Wildman–Crippen LogP) is 3.98. The molecule has 1 aromatic carbocycles. The third-order valence-electron chi connectivity index (χ3n) is 4.32. The second-order valence-electron chi connectivity index (χ2n) is 6.76. The van der Waals surface area contributed by atoms with E-state index in [9.17, 15) is 9.59 Å². The number of thioether (sulfide) groups is 1. The van der Waals surface area contributed by atoms with Crippen LogP contribution in [0.25, 0.3) is 0 Å². The van der Waals surface area contributed by atoms with Gasteiger partial charge in [0.05, 0.1) is 13.1 Å². The third-order valence-corrected chi connectivity index (χ3v) is 5.53. The van der Waals surface area contributed by atoms with Crippen molar-refractivity contribution in [1.29, 1.82) is 0 Å². The summed E-state index contributed by atoms with van der Waals surface area (Å²) in [4.78, 5) is 26.1. The molecule has 0 atom stereocenters. The zero-order valence-corrected chi connectivity index (χ0v) is 17.4. The quantitative estimate of drug-likeness (QED) is 0.301. The summed E-state index contributed by atoms with van der Waals surface area (Å²) in [5.74, 6) is 0. The summed E-state index contributed by atoms with van der Waals surface area (Å²) in [6.45, 7) is 10.1. The van der Waals surface area contributed by atoms with E-state index < -0.39 is 0 Å². The Hall–Kier alpha value is -1.17. The lowest BCUT2D eigenvalue weighted by molar-refractivity contribution is -0.112. The molecule has 0 unspecified atom stereocenters. The number of rotatable bonds is 14. The predicted molar refractivity (Wildman–Crippen MR) is 111 cm³/mol. The molecule has 1 aromatic rings. The van der Waals surface area contributed by atoms with Crippen molar-refractivity contribution < 1.29 is 9.59 Å². The monoisotopic (exact) mass is 378 g/mol. The van der Waals surface area contributed by atoms with E-state index in [1.165, 1.54) is 29.3 Å². The van der Waals surface area contributed by atoms with E-state index in [1.807, 2.05) is 6.07 Å². The number of hydrogen-bond donors (Lipinski definition) is 1. The molecule has 0 aliphatic carbocycles. The second kappa shape index (κ2) is 14.0. The number of unbranched alkanes of at least 4 members (excludes halogenated alkanes) is 3. The second-order valence-corrected chi connectivity index (χ2v) is 7.82. The molecular weight excluding hydrogens is 344 g/mol. The van der Waals surface area contributed by atoms with Gasteiger partial charge in [-0.1, -0.05) is 49.7 Å². The standard InChI is InChI=1S/C21H34N2O2S/c1-4-14-23(15-8-6-5-7-12-22-13-16-24)17-20(25)26-21-18(2)10-9-11-19(21)3/h9-11,16,22H,4-8,12-15,17H2,1-3H3. The van der Waals surface area contributed by atoms with Crippen LogP contribution in [-0.2, 0) is 9.59 Å². The summed E-state index contributed by atoms with van der Waals surface area (Å²) in [6, 6.07) is 6.17. The lowest BCUT2D eigenvalue weighted by atomic mass is 10.2. The van der Waals surface area contributed by atoms with Crippen LogP contribution in [0.2, 0.25) is 0 Å². The molecule has 0 aliphatic heterocycles. The van der Waals surface area contributed by atoms with E-state index in [1.54, 1.807) is 0 Å². The molecule has 5 heteroatoms. The van der Waals surface area contributed by atoms with Gasteiger partial charge in [-0.05, 0) is 63.9 Å². The SMILES string of the molecule is CCCN(CCCCCCNCC=O)CC(=O)Sc1c(C)cccc1C. The summed E-state index contributed by atoms with van der Waals surface area (Å²) < 4.78 is 0. The number of aldehydes is 1. The fraction of sp³-hybridized carbons (Fsp3) is 0.619. The normalized spacial score (nSPS) is 11.1. The molecule has 26 heavy (non-hydrogen) atoms. The summed E-state index contributed by atoms with van der Waals surface area (Å²) in [6.07, 6.45) is 6.52. The van der Waals surface area contributed by atoms with Crippen molar-refractivity contribution >= 4 is 23.2 Å². The first-order chi connectivity index (χ1) is 12.6. The fourth-order valence-electron chi connectivity index (χ4n) is 2.97. The lowest BCUT2D eigenvalue weighted by Crippen LogP contribution is -2.30. The highest BCUT2D eigenvalue weighted by Gasteiger charge is 2.13. The Morgan fingerprint density at radius 3 is 2.46 bits per heavy atom. The molecule has 0 aromatic heterocycles.